The van der Waals surface area contributed by atoms with Gasteiger partial charge in [0.1, 0.15) is 11.5 Å². The molecular weight excluding hydrogens is 456 g/mol. The molecule has 0 aliphatic carbocycles. The molecule has 0 saturated carbocycles. The van der Waals surface area contributed by atoms with Crippen molar-refractivity contribution >= 4 is 5.69 Å². The van der Waals surface area contributed by atoms with Crippen LogP contribution in [0, 0.1) is 13.8 Å². The summed E-state index contributed by atoms with van der Waals surface area (Å²) in [6.45, 7) is 9.91. The summed E-state index contributed by atoms with van der Waals surface area (Å²) < 4.78 is 12.4. The van der Waals surface area contributed by atoms with E-state index in [2.05, 4.69) is 58.0 Å². The van der Waals surface area contributed by atoms with E-state index in [0.29, 0.717) is 13.2 Å². The first kappa shape index (κ1) is 26.3. The van der Waals surface area contributed by atoms with Gasteiger partial charge in [-0.05, 0) is 91.4 Å². The number of nitrogens with two attached hydrogens (primary N) is 1. The highest BCUT2D eigenvalue weighted by Crippen LogP contribution is 2.38. The van der Waals surface area contributed by atoms with Crippen LogP contribution in [-0.2, 0) is 0 Å². The van der Waals surface area contributed by atoms with Crippen molar-refractivity contribution in [2.45, 2.75) is 53.4 Å². The zero-order valence-electron chi connectivity index (χ0n) is 22.5. The Balaban J connectivity index is 1.89. The first-order valence-electron chi connectivity index (χ1n) is 13.4. The molecule has 4 heteroatoms. The van der Waals surface area contributed by atoms with Crippen LogP contribution in [0.2, 0.25) is 0 Å². The van der Waals surface area contributed by atoms with Crippen LogP contribution in [0.5, 0.6) is 11.5 Å². The van der Waals surface area contributed by atoms with Crippen molar-refractivity contribution in [3.05, 3.63) is 83.9 Å². The van der Waals surface area contributed by atoms with Crippen LogP contribution < -0.4 is 15.2 Å². The van der Waals surface area contributed by atoms with Gasteiger partial charge in [-0.25, -0.2) is 4.98 Å². The minimum absolute atomic E-state index is 0.685. The van der Waals surface area contributed by atoms with Gasteiger partial charge in [0.2, 0.25) is 0 Å². The SMILES string of the molecule is CCCCOc1ccccc1-c1cc(-c2ccc(N)c(C)c2C)cc(-c2ccccc2OCCCC)n1. The van der Waals surface area contributed by atoms with Gasteiger partial charge in [-0.15, -0.1) is 0 Å². The number of nitrogens with zero attached hydrogens (tertiary/aromatic N) is 1. The summed E-state index contributed by atoms with van der Waals surface area (Å²) in [6, 6.07) is 24.7. The van der Waals surface area contributed by atoms with E-state index in [9.17, 15) is 0 Å². The molecule has 2 N–H and O–H groups in total. The molecule has 0 radical (unpaired) electrons. The molecule has 0 amide bonds. The summed E-state index contributed by atoms with van der Waals surface area (Å²) >= 11 is 0. The quantitative estimate of drug-likeness (QED) is 0.167. The number of unbranched alkanes of at least 4 members (excludes halogenated alkanes) is 2. The lowest BCUT2D eigenvalue weighted by Gasteiger charge is -2.17. The largest absolute Gasteiger partial charge is 0.493 e. The van der Waals surface area contributed by atoms with Gasteiger partial charge in [0.05, 0.1) is 24.6 Å². The van der Waals surface area contributed by atoms with E-state index in [0.717, 1.165) is 82.1 Å². The lowest BCUT2D eigenvalue weighted by Crippen LogP contribution is -2.01. The maximum Gasteiger partial charge on any atom is 0.128 e. The Morgan fingerprint density at radius 2 is 1.16 bits per heavy atom. The highest BCUT2D eigenvalue weighted by atomic mass is 16.5. The molecule has 37 heavy (non-hydrogen) atoms. The van der Waals surface area contributed by atoms with Crippen LogP contribution in [-0.4, -0.2) is 18.2 Å². The molecule has 4 rings (SSSR count). The maximum absolute atomic E-state index is 6.22. The molecule has 1 aromatic heterocycles. The Hall–Kier alpha value is -3.79. The number of ether oxygens (including phenoxy) is 2. The second-order valence-corrected chi connectivity index (χ2v) is 9.48. The Kier molecular flexibility index (Phi) is 8.84. The first-order chi connectivity index (χ1) is 18.0. The molecule has 192 valence electrons. The summed E-state index contributed by atoms with van der Waals surface area (Å²) in [7, 11) is 0. The molecule has 0 saturated heterocycles. The van der Waals surface area contributed by atoms with Gasteiger partial charge >= 0.3 is 0 Å². The van der Waals surface area contributed by atoms with Gasteiger partial charge in [0, 0.05) is 16.8 Å². The minimum Gasteiger partial charge on any atom is -0.493 e. The van der Waals surface area contributed by atoms with E-state index in [-0.39, 0.29) is 0 Å². The molecule has 0 aliphatic rings. The van der Waals surface area contributed by atoms with Crippen LogP contribution in [0.4, 0.5) is 5.69 Å². The highest BCUT2D eigenvalue weighted by molar-refractivity contribution is 5.82. The standard InChI is InChI=1S/C33H38N2O2/c1-5-7-19-36-32-15-11-9-13-27(32)30-21-25(26-17-18-29(34)24(4)23(26)3)22-31(35-30)28-14-10-12-16-33(28)37-20-8-6-2/h9-18,21-22H,5-8,19-20,34H2,1-4H3. The van der Waals surface area contributed by atoms with Crippen LogP contribution in [0.25, 0.3) is 33.6 Å². The van der Waals surface area contributed by atoms with Gasteiger partial charge in [-0.3, -0.25) is 0 Å². The van der Waals surface area contributed by atoms with Gasteiger partial charge < -0.3 is 15.2 Å². The zero-order valence-corrected chi connectivity index (χ0v) is 22.5. The minimum atomic E-state index is 0.685. The number of nitrogen functional groups attached to an aromatic ring is 1. The number of para-hydroxylation sites is 2. The van der Waals surface area contributed by atoms with Gasteiger partial charge in [-0.1, -0.05) is 57.0 Å². The average molecular weight is 495 g/mol. The topological polar surface area (TPSA) is 57.4 Å². The molecule has 1 heterocycles. The predicted molar refractivity (Wildman–Crippen MR) is 155 cm³/mol. The van der Waals surface area contributed by atoms with Crippen LogP contribution >= 0.6 is 0 Å². The summed E-state index contributed by atoms with van der Waals surface area (Å²) in [5, 5.41) is 0. The predicted octanol–water partition coefficient (Wildman–Crippen LogP) is 8.64. The molecule has 0 bridgehead atoms. The molecule has 0 unspecified atom stereocenters. The Labute approximate surface area is 221 Å². The van der Waals surface area contributed by atoms with Crippen molar-refractivity contribution < 1.29 is 9.47 Å². The fourth-order valence-corrected chi connectivity index (χ4v) is 4.38. The van der Waals surface area contributed by atoms with Gasteiger partial charge in [0.15, 0.2) is 0 Å². The lowest BCUT2D eigenvalue weighted by atomic mass is 9.93. The zero-order chi connectivity index (χ0) is 26.2. The second kappa shape index (κ2) is 12.4. The van der Waals surface area contributed by atoms with E-state index in [4.69, 9.17) is 20.2 Å². The number of anilines is 1. The van der Waals surface area contributed by atoms with E-state index >= 15 is 0 Å². The highest BCUT2D eigenvalue weighted by Gasteiger charge is 2.16. The third-order valence-corrected chi connectivity index (χ3v) is 6.80. The smallest absolute Gasteiger partial charge is 0.128 e. The molecule has 3 aromatic carbocycles. The monoisotopic (exact) mass is 494 g/mol. The van der Waals surface area contributed by atoms with Crippen molar-refractivity contribution in [1.82, 2.24) is 4.98 Å². The Morgan fingerprint density at radius 3 is 1.68 bits per heavy atom. The number of pyridine rings is 1. The number of rotatable bonds is 11. The van der Waals surface area contributed by atoms with Crippen molar-refractivity contribution in [2.75, 3.05) is 18.9 Å². The van der Waals surface area contributed by atoms with Crippen LogP contribution in [0.3, 0.4) is 0 Å². The van der Waals surface area contributed by atoms with E-state index < -0.39 is 0 Å². The van der Waals surface area contributed by atoms with E-state index in [1.165, 1.54) is 5.56 Å². The van der Waals surface area contributed by atoms with Crippen LogP contribution in [0.15, 0.2) is 72.8 Å². The van der Waals surface area contributed by atoms with Gasteiger partial charge in [-0.2, -0.15) is 0 Å². The summed E-state index contributed by atoms with van der Waals surface area (Å²) in [5.74, 6) is 1.70. The molecule has 4 nitrogen and oxygen atoms in total. The Bertz CT molecular complexity index is 1270. The maximum atomic E-state index is 6.22. The van der Waals surface area contributed by atoms with Crippen LogP contribution in [0.1, 0.15) is 50.7 Å². The van der Waals surface area contributed by atoms with Crippen molar-refractivity contribution in [3.63, 3.8) is 0 Å². The molecule has 0 aliphatic heterocycles. The van der Waals surface area contributed by atoms with E-state index in [1.54, 1.807) is 0 Å². The number of aromatic nitrogens is 1. The third kappa shape index (κ3) is 6.14. The number of hydrogen-bond donors (Lipinski definition) is 1. The second-order valence-electron chi connectivity index (χ2n) is 9.48. The van der Waals surface area contributed by atoms with Crippen molar-refractivity contribution in [3.8, 4) is 45.1 Å². The molecule has 0 spiro atoms. The molecule has 4 aromatic rings. The van der Waals surface area contributed by atoms with Crippen molar-refractivity contribution in [2.24, 2.45) is 0 Å². The normalized spacial score (nSPS) is 10.9. The Morgan fingerprint density at radius 1 is 0.649 bits per heavy atom. The number of benzene rings is 3. The molecular formula is C33H38N2O2. The lowest BCUT2D eigenvalue weighted by molar-refractivity contribution is 0.310. The average Bonchev–Trinajstić information content (AvgIpc) is 2.92. The fourth-order valence-electron chi connectivity index (χ4n) is 4.38. The van der Waals surface area contributed by atoms with Gasteiger partial charge in [0.25, 0.3) is 0 Å². The first-order valence-corrected chi connectivity index (χ1v) is 13.4. The third-order valence-electron chi connectivity index (χ3n) is 6.80. The molecule has 0 fully saturated rings. The number of hydrogen-bond acceptors (Lipinski definition) is 4. The van der Waals surface area contributed by atoms with Crippen molar-refractivity contribution in [1.29, 1.82) is 0 Å². The molecule has 0 atom stereocenters. The fraction of sp³-hybridized carbons (Fsp3) is 0.303. The summed E-state index contributed by atoms with van der Waals surface area (Å²) in [4.78, 5) is 5.16. The summed E-state index contributed by atoms with van der Waals surface area (Å²) in [6.07, 6.45) is 4.20. The van der Waals surface area contributed by atoms with E-state index in [1.807, 2.05) is 42.5 Å². The summed E-state index contributed by atoms with van der Waals surface area (Å²) in [5.41, 5.74) is 15.2.